The number of anilines is 1. The van der Waals surface area contributed by atoms with Crippen molar-refractivity contribution < 1.29 is 14.3 Å². The van der Waals surface area contributed by atoms with Gasteiger partial charge in [0.15, 0.2) is 0 Å². The van der Waals surface area contributed by atoms with Gasteiger partial charge in [-0.15, -0.1) is 0 Å². The third-order valence-corrected chi connectivity index (χ3v) is 3.70. The Labute approximate surface area is 157 Å². The van der Waals surface area contributed by atoms with E-state index in [1.54, 1.807) is 31.2 Å². The summed E-state index contributed by atoms with van der Waals surface area (Å²) in [5.74, 6) is 1.42. The number of hydrogen-bond acceptors (Lipinski definition) is 4. The number of carbonyl (C=O) groups excluding carboxylic acids is 2. The van der Waals surface area contributed by atoms with Crippen molar-refractivity contribution in [3.05, 3.63) is 24.3 Å². The van der Waals surface area contributed by atoms with Gasteiger partial charge < -0.3 is 15.0 Å². The minimum absolute atomic E-state index is 0.0593. The first kappa shape index (κ1) is 22.0. The number of rotatable bonds is 10. The lowest BCUT2D eigenvalue weighted by Gasteiger charge is -2.28. The predicted octanol–water partition coefficient (Wildman–Crippen LogP) is 2.71. The maximum Gasteiger partial charge on any atom is 0.238 e. The number of ether oxygens (including phenoxy) is 1. The first-order valence-corrected chi connectivity index (χ1v) is 9.11. The van der Waals surface area contributed by atoms with Crippen LogP contribution in [0.2, 0.25) is 0 Å². The smallest absolute Gasteiger partial charge is 0.238 e. The normalized spacial score (nSPS) is 11.1. The van der Waals surface area contributed by atoms with Crippen LogP contribution in [0.5, 0.6) is 5.75 Å². The minimum atomic E-state index is -0.159. The zero-order chi connectivity index (χ0) is 19.7. The highest BCUT2D eigenvalue weighted by Gasteiger charge is 2.19. The van der Waals surface area contributed by atoms with Gasteiger partial charge in [-0.25, -0.2) is 0 Å². The molecular weight excluding hydrogens is 330 g/mol. The summed E-state index contributed by atoms with van der Waals surface area (Å²) in [5, 5.41) is 2.83. The van der Waals surface area contributed by atoms with E-state index in [0.717, 1.165) is 13.1 Å². The summed E-state index contributed by atoms with van der Waals surface area (Å²) >= 11 is 0. The second-order valence-corrected chi connectivity index (χ2v) is 7.54. The molecule has 0 saturated carbocycles. The molecule has 146 valence electrons. The molecule has 2 amide bonds. The molecule has 0 aromatic heterocycles. The van der Waals surface area contributed by atoms with Crippen molar-refractivity contribution >= 4 is 17.5 Å². The van der Waals surface area contributed by atoms with Crippen molar-refractivity contribution in [2.45, 2.75) is 27.7 Å². The van der Waals surface area contributed by atoms with Crippen molar-refractivity contribution in [1.29, 1.82) is 0 Å². The summed E-state index contributed by atoms with van der Waals surface area (Å²) in [6.07, 6.45) is 0. The Bertz CT molecular complexity index is 577. The van der Waals surface area contributed by atoms with Crippen LogP contribution in [0.1, 0.15) is 27.7 Å². The van der Waals surface area contributed by atoms with Crippen LogP contribution in [0, 0.1) is 11.8 Å². The van der Waals surface area contributed by atoms with E-state index in [2.05, 4.69) is 33.0 Å². The van der Waals surface area contributed by atoms with Crippen LogP contribution in [0.4, 0.5) is 5.69 Å². The summed E-state index contributed by atoms with van der Waals surface area (Å²) in [6, 6.07) is 7.20. The lowest BCUT2D eigenvalue weighted by atomic mass is 10.1. The monoisotopic (exact) mass is 363 g/mol. The second-order valence-electron chi connectivity index (χ2n) is 7.54. The molecule has 1 N–H and O–H groups in total. The molecule has 0 radical (unpaired) electrons. The van der Waals surface area contributed by atoms with E-state index in [0.29, 0.717) is 23.3 Å². The molecule has 0 spiro atoms. The zero-order valence-corrected chi connectivity index (χ0v) is 16.9. The largest absolute Gasteiger partial charge is 0.497 e. The van der Waals surface area contributed by atoms with E-state index >= 15 is 0 Å². The number of nitrogens with zero attached hydrogens (tertiary/aromatic N) is 2. The maximum absolute atomic E-state index is 12.6. The first-order chi connectivity index (χ1) is 12.2. The molecule has 0 atom stereocenters. The van der Waals surface area contributed by atoms with Crippen molar-refractivity contribution in [2.75, 3.05) is 45.7 Å². The molecule has 0 aliphatic rings. The molecule has 0 saturated heterocycles. The average Bonchev–Trinajstić information content (AvgIpc) is 2.53. The van der Waals surface area contributed by atoms with Crippen LogP contribution < -0.4 is 10.1 Å². The summed E-state index contributed by atoms with van der Waals surface area (Å²) in [6.45, 7) is 10.3. The van der Waals surface area contributed by atoms with Crippen LogP contribution >= 0.6 is 0 Å². The first-order valence-electron chi connectivity index (χ1n) is 9.11. The molecule has 0 aliphatic heterocycles. The number of hydrogen-bond donors (Lipinski definition) is 1. The lowest BCUT2D eigenvalue weighted by Crippen LogP contribution is -2.44. The fraction of sp³-hybridized carbons (Fsp3) is 0.600. The Morgan fingerprint density at radius 1 is 1.08 bits per heavy atom. The Morgan fingerprint density at radius 3 is 2.23 bits per heavy atom. The van der Waals surface area contributed by atoms with Crippen LogP contribution in [-0.4, -0.2) is 62.0 Å². The van der Waals surface area contributed by atoms with Crippen molar-refractivity contribution in [2.24, 2.45) is 11.8 Å². The number of methoxy groups -OCH3 is 1. The highest BCUT2D eigenvalue weighted by Crippen LogP contribution is 2.16. The molecule has 0 bridgehead atoms. The summed E-state index contributed by atoms with van der Waals surface area (Å²) in [5.41, 5.74) is 0.676. The summed E-state index contributed by atoms with van der Waals surface area (Å²) in [4.78, 5) is 28.4. The van der Waals surface area contributed by atoms with Gasteiger partial charge in [0.2, 0.25) is 11.8 Å². The van der Waals surface area contributed by atoms with Gasteiger partial charge >= 0.3 is 0 Å². The molecule has 0 heterocycles. The predicted molar refractivity (Wildman–Crippen MR) is 105 cm³/mol. The molecule has 1 rings (SSSR count). The average molecular weight is 364 g/mol. The number of carbonyl (C=O) groups is 2. The van der Waals surface area contributed by atoms with E-state index in [1.807, 2.05) is 17.0 Å². The Morgan fingerprint density at radius 2 is 1.69 bits per heavy atom. The number of nitrogens with one attached hydrogen (secondary N) is 1. The fourth-order valence-corrected chi connectivity index (χ4v) is 2.69. The van der Waals surface area contributed by atoms with E-state index < -0.39 is 0 Å². The Hall–Kier alpha value is -2.08. The van der Waals surface area contributed by atoms with Gasteiger partial charge in [-0.3, -0.25) is 14.5 Å². The molecule has 0 aliphatic carbocycles. The third-order valence-electron chi connectivity index (χ3n) is 3.70. The van der Waals surface area contributed by atoms with Crippen molar-refractivity contribution in [3.63, 3.8) is 0 Å². The quantitative estimate of drug-likeness (QED) is 0.694. The van der Waals surface area contributed by atoms with Crippen LogP contribution in [-0.2, 0) is 9.59 Å². The SMILES string of the molecule is COc1cccc(NC(=O)CN(C)CC(=O)N(CC(C)C)CC(C)C)c1. The van der Waals surface area contributed by atoms with E-state index in [4.69, 9.17) is 4.74 Å². The third kappa shape index (κ3) is 8.34. The van der Waals surface area contributed by atoms with E-state index in [9.17, 15) is 9.59 Å². The number of amides is 2. The number of likely N-dealkylation sites (N-methyl/N-ethyl adjacent to an activating group) is 1. The molecule has 26 heavy (non-hydrogen) atoms. The Balaban J connectivity index is 2.55. The highest BCUT2D eigenvalue weighted by atomic mass is 16.5. The van der Waals surface area contributed by atoms with Gasteiger partial charge in [0.05, 0.1) is 20.2 Å². The topological polar surface area (TPSA) is 61.9 Å². The van der Waals surface area contributed by atoms with Crippen LogP contribution in [0.15, 0.2) is 24.3 Å². The van der Waals surface area contributed by atoms with Crippen LogP contribution in [0.25, 0.3) is 0 Å². The second kappa shape index (κ2) is 10.8. The minimum Gasteiger partial charge on any atom is -0.497 e. The molecular formula is C20H33N3O3. The molecule has 6 nitrogen and oxygen atoms in total. The van der Waals surface area contributed by atoms with Crippen molar-refractivity contribution in [1.82, 2.24) is 9.80 Å². The number of benzene rings is 1. The maximum atomic E-state index is 12.6. The standard InChI is InChI=1S/C20H33N3O3/c1-15(2)11-23(12-16(3)4)20(25)14-22(5)13-19(24)21-17-8-7-9-18(10-17)26-6/h7-10,15-16H,11-14H2,1-6H3,(H,21,24). The van der Waals surface area contributed by atoms with Gasteiger partial charge in [0.25, 0.3) is 0 Å². The molecule has 1 aromatic rings. The molecule has 0 fully saturated rings. The molecule has 6 heteroatoms. The van der Waals surface area contributed by atoms with Gasteiger partial charge in [-0.05, 0) is 31.0 Å². The molecule has 1 aromatic carbocycles. The van der Waals surface area contributed by atoms with E-state index in [1.165, 1.54) is 0 Å². The van der Waals surface area contributed by atoms with Gasteiger partial charge in [0.1, 0.15) is 5.75 Å². The Kier molecular flexibility index (Phi) is 9.13. The zero-order valence-electron chi connectivity index (χ0n) is 16.9. The lowest BCUT2D eigenvalue weighted by molar-refractivity contribution is -0.133. The van der Waals surface area contributed by atoms with Crippen LogP contribution in [0.3, 0.4) is 0 Å². The van der Waals surface area contributed by atoms with Gasteiger partial charge in [-0.1, -0.05) is 33.8 Å². The molecule has 0 unspecified atom stereocenters. The van der Waals surface area contributed by atoms with E-state index in [-0.39, 0.29) is 24.9 Å². The summed E-state index contributed by atoms with van der Waals surface area (Å²) in [7, 11) is 3.37. The highest BCUT2D eigenvalue weighted by molar-refractivity contribution is 5.92. The fourth-order valence-electron chi connectivity index (χ4n) is 2.69. The van der Waals surface area contributed by atoms with Gasteiger partial charge in [-0.2, -0.15) is 0 Å². The van der Waals surface area contributed by atoms with Gasteiger partial charge in [0, 0.05) is 24.8 Å². The van der Waals surface area contributed by atoms with Crippen molar-refractivity contribution in [3.8, 4) is 5.75 Å². The summed E-state index contributed by atoms with van der Waals surface area (Å²) < 4.78 is 5.15.